The molecule has 1 aliphatic heterocycles. The van der Waals surface area contributed by atoms with E-state index in [-0.39, 0.29) is 16.5 Å². The Labute approximate surface area is 268 Å². The number of benzene rings is 3. The first-order chi connectivity index (χ1) is 22.0. The van der Waals surface area contributed by atoms with Crippen molar-refractivity contribution in [3.63, 3.8) is 0 Å². The number of ether oxygens (including phenoxy) is 2. The summed E-state index contributed by atoms with van der Waals surface area (Å²) in [6.45, 7) is 2.66. The van der Waals surface area contributed by atoms with Crippen LogP contribution in [0.1, 0.15) is 53.9 Å². The molecular weight excluding hydrogens is 611 g/mol. The number of furan rings is 1. The van der Waals surface area contributed by atoms with Gasteiger partial charge in [0.15, 0.2) is 27.4 Å². The number of nitrogens with zero attached hydrogens (tertiary/aromatic N) is 3. The van der Waals surface area contributed by atoms with Gasteiger partial charge in [0.05, 0.1) is 25.3 Å². The molecule has 3 aromatic carbocycles. The number of thioether (sulfide) groups is 1. The van der Waals surface area contributed by atoms with Gasteiger partial charge in [-0.3, -0.25) is 14.5 Å². The molecule has 0 unspecified atom stereocenters. The predicted molar refractivity (Wildman–Crippen MR) is 174 cm³/mol. The van der Waals surface area contributed by atoms with Crippen LogP contribution in [0.4, 0.5) is 5.13 Å². The van der Waals surface area contributed by atoms with E-state index in [0.29, 0.717) is 39.3 Å². The first kappa shape index (κ1) is 30.4. The molecule has 1 amide bonds. The van der Waals surface area contributed by atoms with Crippen LogP contribution < -0.4 is 14.4 Å². The van der Waals surface area contributed by atoms with E-state index in [4.69, 9.17) is 13.9 Å². The summed E-state index contributed by atoms with van der Waals surface area (Å²) < 4.78 is 18.1. The molecule has 0 fully saturated rings. The van der Waals surface area contributed by atoms with Crippen LogP contribution in [-0.4, -0.2) is 40.7 Å². The number of hydrogen-bond donors (Lipinski definition) is 1. The molecule has 0 bridgehead atoms. The molecular formula is C34H31N3O6S2. The fourth-order valence-corrected chi connectivity index (χ4v) is 6.99. The van der Waals surface area contributed by atoms with Gasteiger partial charge in [0.1, 0.15) is 5.58 Å². The lowest BCUT2D eigenvalue weighted by atomic mass is 9.95. The Morgan fingerprint density at radius 3 is 2.60 bits per heavy atom. The number of methoxy groups -OCH3 is 1. The fraction of sp³-hybridized carbons (Fsp3) is 0.235. The number of rotatable bonds is 13. The molecule has 0 saturated carbocycles. The van der Waals surface area contributed by atoms with E-state index >= 15 is 0 Å². The maximum atomic E-state index is 14.0. The molecule has 9 nitrogen and oxygen atoms in total. The van der Waals surface area contributed by atoms with Gasteiger partial charge >= 0.3 is 0 Å². The van der Waals surface area contributed by atoms with Gasteiger partial charge in [-0.1, -0.05) is 97.5 Å². The lowest BCUT2D eigenvalue weighted by Crippen LogP contribution is -2.31. The summed E-state index contributed by atoms with van der Waals surface area (Å²) in [5, 5.41) is 20.9. The number of carbonyl (C=O) groups is 2. The molecule has 11 heteroatoms. The Hall–Kier alpha value is -4.61. The minimum absolute atomic E-state index is 0.0108. The van der Waals surface area contributed by atoms with Crippen LogP contribution >= 0.6 is 23.1 Å². The molecule has 0 spiro atoms. The van der Waals surface area contributed by atoms with Gasteiger partial charge in [-0.15, -0.1) is 10.2 Å². The second-order valence-corrected chi connectivity index (χ2v) is 12.6. The summed E-state index contributed by atoms with van der Waals surface area (Å²) in [5.74, 6) is -0.365. The highest BCUT2D eigenvalue weighted by atomic mass is 32.2. The van der Waals surface area contributed by atoms with E-state index in [2.05, 4.69) is 17.1 Å². The first-order valence-corrected chi connectivity index (χ1v) is 16.4. The molecule has 1 atom stereocenters. The highest BCUT2D eigenvalue weighted by Gasteiger charge is 2.47. The fourth-order valence-electron chi connectivity index (χ4n) is 5.16. The number of aliphatic hydroxyl groups is 1. The summed E-state index contributed by atoms with van der Waals surface area (Å²) in [7, 11) is 1.53. The smallest absolute Gasteiger partial charge is 0.296 e. The van der Waals surface area contributed by atoms with E-state index < -0.39 is 23.5 Å². The zero-order valence-corrected chi connectivity index (χ0v) is 26.4. The highest BCUT2D eigenvalue weighted by molar-refractivity contribution is 8.00. The quantitative estimate of drug-likeness (QED) is 0.0592. The predicted octanol–water partition coefficient (Wildman–Crippen LogP) is 7.94. The Kier molecular flexibility index (Phi) is 9.18. The molecule has 5 aromatic rings. The number of aliphatic hydroxyl groups excluding tert-OH is 1. The molecule has 3 heterocycles. The number of amides is 1. The molecule has 1 aliphatic rings. The van der Waals surface area contributed by atoms with Crippen molar-refractivity contribution in [3.8, 4) is 11.5 Å². The number of hydrogen-bond acceptors (Lipinski definition) is 10. The van der Waals surface area contributed by atoms with E-state index in [1.54, 1.807) is 30.3 Å². The van der Waals surface area contributed by atoms with Crippen molar-refractivity contribution in [2.24, 2.45) is 0 Å². The Bertz CT molecular complexity index is 1830. The Morgan fingerprint density at radius 2 is 1.82 bits per heavy atom. The van der Waals surface area contributed by atoms with Crippen molar-refractivity contribution >= 4 is 50.9 Å². The van der Waals surface area contributed by atoms with Crippen LogP contribution in [0, 0.1) is 0 Å². The number of para-hydroxylation sites is 1. The van der Waals surface area contributed by atoms with Crippen LogP contribution in [0.5, 0.6) is 11.5 Å². The normalized spacial score (nSPS) is 14.8. The molecule has 6 rings (SSSR count). The minimum Gasteiger partial charge on any atom is -0.503 e. The number of carbonyl (C=O) groups excluding carboxylic acids is 2. The molecule has 2 aromatic heterocycles. The van der Waals surface area contributed by atoms with Gasteiger partial charge in [-0.25, -0.2) is 0 Å². The van der Waals surface area contributed by atoms with Gasteiger partial charge in [-0.05, 0) is 41.8 Å². The second kappa shape index (κ2) is 13.6. The number of Topliss-reactive ketones (excluding diaryl/α,β-unsaturated/α-hetero) is 1. The van der Waals surface area contributed by atoms with Crippen molar-refractivity contribution in [2.75, 3.05) is 18.6 Å². The zero-order chi connectivity index (χ0) is 31.3. The SMILES string of the molecule is CCCCCOc1ccc([C@H]2C(C(=O)c3cc4ccccc4o3)=C(O)C(=O)N2c2nnc(SCc3ccccc3)s2)cc1OC. The standard InChI is InChI=1S/C34H31N3O6S2/c1-3-4-10-17-42-25-16-15-23(19-26(25)41-2)29-28(30(38)27-18-22-13-8-9-14-24(22)43-27)31(39)32(40)37(29)33-35-36-34(45-33)44-20-21-11-6-5-7-12-21/h5-9,11-16,18-19,29,39H,3-4,10,17,20H2,1-2H3/t29-/m0/s1. The largest absolute Gasteiger partial charge is 0.503 e. The summed E-state index contributed by atoms with van der Waals surface area (Å²) in [6.07, 6.45) is 3.02. The van der Waals surface area contributed by atoms with Gasteiger partial charge in [0.25, 0.3) is 5.91 Å². The number of ketones is 1. The first-order valence-electron chi connectivity index (χ1n) is 14.6. The minimum atomic E-state index is -1.03. The zero-order valence-electron chi connectivity index (χ0n) is 24.8. The maximum Gasteiger partial charge on any atom is 0.296 e. The van der Waals surface area contributed by atoms with E-state index in [1.807, 2.05) is 48.5 Å². The Balaban J connectivity index is 1.37. The third kappa shape index (κ3) is 6.31. The van der Waals surface area contributed by atoms with Crippen LogP contribution in [0.3, 0.4) is 0 Å². The average Bonchev–Trinajstić information content (AvgIpc) is 3.79. The topological polar surface area (TPSA) is 115 Å². The lowest BCUT2D eigenvalue weighted by Gasteiger charge is -2.24. The third-order valence-corrected chi connectivity index (χ3v) is 9.54. The molecule has 0 radical (unpaired) electrons. The number of unbranched alkanes of at least 4 members (excludes halogenated alkanes) is 2. The van der Waals surface area contributed by atoms with E-state index in [0.717, 1.165) is 30.2 Å². The summed E-state index contributed by atoms with van der Waals surface area (Å²) in [6, 6.07) is 23.0. The van der Waals surface area contributed by atoms with Gasteiger partial charge < -0.3 is 19.0 Å². The van der Waals surface area contributed by atoms with Crippen LogP contribution in [-0.2, 0) is 10.5 Å². The Morgan fingerprint density at radius 1 is 1.02 bits per heavy atom. The van der Waals surface area contributed by atoms with Gasteiger partial charge in [-0.2, -0.15) is 0 Å². The van der Waals surface area contributed by atoms with Crippen LogP contribution in [0.2, 0.25) is 0 Å². The van der Waals surface area contributed by atoms with Crippen LogP contribution in [0.15, 0.2) is 99.0 Å². The summed E-state index contributed by atoms with van der Waals surface area (Å²) in [4.78, 5) is 29.1. The number of aromatic nitrogens is 2. The molecule has 45 heavy (non-hydrogen) atoms. The molecule has 230 valence electrons. The second-order valence-electron chi connectivity index (χ2n) is 10.4. The van der Waals surface area contributed by atoms with E-state index in [9.17, 15) is 14.7 Å². The van der Waals surface area contributed by atoms with Crippen molar-refractivity contribution in [3.05, 3.63) is 107 Å². The van der Waals surface area contributed by atoms with Crippen molar-refractivity contribution < 1.29 is 28.6 Å². The molecule has 1 N–H and O–H groups in total. The summed E-state index contributed by atoms with van der Waals surface area (Å²) >= 11 is 2.70. The molecule has 0 saturated heterocycles. The van der Waals surface area contributed by atoms with Gasteiger partial charge in [0, 0.05) is 11.1 Å². The van der Waals surface area contributed by atoms with Gasteiger partial charge in [0.2, 0.25) is 10.9 Å². The average molecular weight is 642 g/mol. The molecule has 0 aliphatic carbocycles. The van der Waals surface area contributed by atoms with Crippen molar-refractivity contribution in [1.82, 2.24) is 10.2 Å². The highest BCUT2D eigenvalue weighted by Crippen LogP contribution is 2.46. The van der Waals surface area contributed by atoms with Crippen molar-refractivity contribution in [1.29, 1.82) is 0 Å². The number of anilines is 1. The monoisotopic (exact) mass is 641 g/mol. The summed E-state index contributed by atoms with van der Waals surface area (Å²) in [5.41, 5.74) is 2.05. The van der Waals surface area contributed by atoms with Crippen molar-refractivity contribution in [2.45, 2.75) is 42.3 Å². The maximum absolute atomic E-state index is 14.0. The number of fused-ring (bicyclic) bond motifs is 1. The third-order valence-electron chi connectivity index (χ3n) is 7.42. The lowest BCUT2D eigenvalue weighted by molar-refractivity contribution is -0.117. The van der Waals surface area contributed by atoms with E-state index in [1.165, 1.54) is 35.1 Å². The van der Waals surface area contributed by atoms with Crippen LogP contribution in [0.25, 0.3) is 11.0 Å².